The maximum atomic E-state index is 10.4. The fraction of sp³-hybridized carbons (Fsp3) is 0.222. The summed E-state index contributed by atoms with van der Waals surface area (Å²) in [5.41, 5.74) is 5.86. The number of benzene rings is 1. The number of rotatable bonds is 3. The molecule has 0 aliphatic heterocycles. The Labute approximate surface area is 99.9 Å². The number of aliphatic carboxylic acids is 1. The minimum absolute atomic E-state index is 0. The number of hydrogen-bond donors (Lipinski definition) is 4. The first-order valence-corrected chi connectivity index (χ1v) is 4.00. The van der Waals surface area contributed by atoms with Crippen LogP contribution in [0.3, 0.4) is 0 Å². The van der Waals surface area contributed by atoms with E-state index in [0.717, 1.165) is 0 Å². The first-order chi connectivity index (χ1) is 6.50. The molecule has 1 aromatic rings. The van der Waals surface area contributed by atoms with Crippen LogP contribution in [-0.4, -0.2) is 27.3 Å². The van der Waals surface area contributed by atoms with Crippen molar-refractivity contribution in [2.24, 2.45) is 5.73 Å². The Balaban J connectivity index is 0.00000196. The largest absolute Gasteiger partial charge is 0.504 e. The normalized spacial score (nSPS) is 11.5. The number of carboxylic acid groups (broad SMARTS) is 1. The van der Waals surface area contributed by atoms with Crippen LogP contribution in [0.5, 0.6) is 11.5 Å². The number of phenolic OH excluding ortho intramolecular Hbond substituents is 2. The van der Waals surface area contributed by atoms with E-state index >= 15 is 0 Å². The average Bonchev–Trinajstić information content (AvgIpc) is 2.11. The van der Waals surface area contributed by atoms with Gasteiger partial charge in [-0.15, -0.1) is 0 Å². The van der Waals surface area contributed by atoms with E-state index in [-0.39, 0.29) is 38.0 Å². The molecule has 15 heavy (non-hydrogen) atoms. The van der Waals surface area contributed by atoms with Crippen molar-refractivity contribution in [2.45, 2.75) is 12.5 Å². The second-order valence-corrected chi connectivity index (χ2v) is 2.97. The van der Waals surface area contributed by atoms with Crippen LogP contribution in [-0.2, 0) is 31.3 Å². The predicted molar refractivity (Wildman–Crippen MR) is 49.1 cm³/mol. The standard InChI is InChI=1S/C9H11NO4.Tc/c10-6(9(13)14)3-5-1-2-7(11)8(12)4-5;/h1-2,4,6,11-12H,3,10H2,(H,13,14);/t6-;/m0./s1. The van der Waals surface area contributed by atoms with Crippen molar-refractivity contribution in [2.75, 3.05) is 0 Å². The Morgan fingerprint density at radius 1 is 1.33 bits per heavy atom. The van der Waals surface area contributed by atoms with Crippen LogP contribution in [0.2, 0.25) is 0 Å². The van der Waals surface area contributed by atoms with Crippen molar-refractivity contribution in [1.29, 1.82) is 0 Å². The van der Waals surface area contributed by atoms with Gasteiger partial charge in [0.2, 0.25) is 0 Å². The van der Waals surface area contributed by atoms with Gasteiger partial charge in [-0.05, 0) is 24.1 Å². The number of nitrogens with two attached hydrogens (primary N) is 1. The molecule has 0 saturated heterocycles. The Morgan fingerprint density at radius 2 is 1.93 bits per heavy atom. The maximum Gasteiger partial charge on any atom is 0.320 e. The predicted octanol–water partition coefficient (Wildman–Crippen LogP) is 0.0497. The second kappa shape index (κ2) is 5.70. The smallest absolute Gasteiger partial charge is 0.320 e. The van der Waals surface area contributed by atoms with Crippen molar-refractivity contribution in [1.82, 2.24) is 0 Å². The summed E-state index contributed by atoms with van der Waals surface area (Å²) < 4.78 is 0. The molecule has 0 saturated carbocycles. The van der Waals surface area contributed by atoms with Crippen molar-refractivity contribution >= 4 is 5.97 Å². The first kappa shape index (κ1) is 13.9. The van der Waals surface area contributed by atoms with Crippen LogP contribution in [0.4, 0.5) is 0 Å². The third-order valence-corrected chi connectivity index (χ3v) is 1.81. The minimum Gasteiger partial charge on any atom is -0.504 e. The monoisotopic (exact) mass is 294 g/mol. The zero-order valence-electron chi connectivity index (χ0n) is 7.72. The van der Waals surface area contributed by atoms with Gasteiger partial charge >= 0.3 is 5.97 Å². The fourth-order valence-corrected chi connectivity index (χ4v) is 1.04. The van der Waals surface area contributed by atoms with Crippen LogP contribution in [0.25, 0.3) is 0 Å². The van der Waals surface area contributed by atoms with Gasteiger partial charge < -0.3 is 21.1 Å². The Bertz CT molecular complexity index is 356. The summed E-state index contributed by atoms with van der Waals surface area (Å²) in [5.74, 6) is -1.62. The summed E-state index contributed by atoms with van der Waals surface area (Å²) >= 11 is 0. The van der Waals surface area contributed by atoms with Crippen molar-refractivity contribution in [3.8, 4) is 11.5 Å². The minimum atomic E-state index is -1.10. The van der Waals surface area contributed by atoms with Crippen LogP contribution >= 0.6 is 0 Å². The molecule has 83 valence electrons. The average molecular weight is 295 g/mol. The number of carboxylic acids is 1. The molecule has 0 unspecified atom stereocenters. The summed E-state index contributed by atoms with van der Waals surface area (Å²) in [6, 6.07) is 3.09. The molecule has 0 fully saturated rings. The van der Waals surface area contributed by atoms with E-state index in [4.69, 9.17) is 21.1 Å². The molecule has 0 spiro atoms. The molecule has 0 aliphatic rings. The van der Waals surface area contributed by atoms with Crippen LogP contribution in [0, 0.1) is 0 Å². The zero-order valence-corrected chi connectivity index (χ0v) is 9.58. The second-order valence-electron chi connectivity index (χ2n) is 2.97. The van der Waals surface area contributed by atoms with Crippen LogP contribution in [0.15, 0.2) is 18.2 Å². The van der Waals surface area contributed by atoms with Gasteiger partial charge in [0.15, 0.2) is 11.5 Å². The first-order valence-electron chi connectivity index (χ1n) is 4.00. The van der Waals surface area contributed by atoms with E-state index in [1.807, 2.05) is 0 Å². The Kier molecular flexibility index (Phi) is 5.28. The molecule has 5 N–H and O–H groups in total. The van der Waals surface area contributed by atoms with E-state index < -0.39 is 12.0 Å². The molecule has 1 radical (unpaired) electrons. The summed E-state index contributed by atoms with van der Waals surface area (Å²) in [5, 5.41) is 26.6. The molecule has 0 aromatic heterocycles. The number of aromatic hydroxyl groups is 2. The molecule has 6 heteroatoms. The van der Waals surface area contributed by atoms with E-state index in [1.165, 1.54) is 18.2 Å². The topological polar surface area (TPSA) is 104 Å². The molecule has 0 aliphatic carbocycles. The summed E-state index contributed by atoms with van der Waals surface area (Å²) in [7, 11) is 0. The number of phenols is 2. The number of hydrogen-bond acceptors (Lipinski definition) is 4. The summed E-state index contributed by atoms with van der Waals surface area (Å²) in [6.45, 7) is 0. The molecular weight excluding hydrogens is 284 g/mol. The molecule has 0 heterocycles. The molecule has 1 atom stereocenters. The van der Waals surface area contributed by atoms with Crippen LogP contribution < -0.4 is 5.73 Å². The Morgan fingerprint density at radius 3 is 2.40 bits per heavy atom. The van der Waals surface area contributed by atoms with E-state index in [9.17, 15) is 4.79 Å². The summed E-state index contributed by atoms with van der Waals surface area (Å²) in [4.78, 5) is 10.4. The summed E-state index contributed by atoms with van der Waals surface area (Å²) in [6.07, 6.45) is 0.114. The van der Waals surface area contributed by atoms with Gasteiger partial charge in [-0.1, -0.05) is 6.07 Å². The molecule has 1 aromatic carbocycles. The maximum absolute atomic E-state index is 10.4. The van der Waals surface area contributed by atoms with Gasteiger partial charge in [-0.25, -0.2) is 0 Å². The van der Waals surface area contributed by atoms with Crippen molar-refractivity contribution < 1.29 is 40.2 Å². The molecule has 5 nitrogen and oxygen atoms in total. The quantitative estimate of drug-likeness (QED) is 0.590. The van der Waals surface area contributed by atoms with Gasteiger partial charge in [-0.3, -0.25) is 4.79 Å². The molecular formula is C9H11NO4Tc. The molecule has 1 rings (SSSR count). The third-order valence-electron chi connectivity index (χ3n) is 1.81. The van der Waals surface area contributed by atoms with Crippen LogP contribution in [0.1, 0.15) is 5.56 Å². The fourth-order valence-electron chi connectivity index (χ4n) is 1.04. The van der Waals surface area contributed by atoms with Gasteiger partial charge in [0.1, 0.15) is 6.04 Å². The van der Waals surface area contributed by atoms with Gasteiger partial charge in [0.25, 0.3) is 0 Å². The van der Waals surface area contributed by atoms with Gasteiger partial charge in [0, 0.05) is 20.1 Å². The van der Waals surface area contributed by atoms with Crippen molar-refractivity contribution in [3.63, 3.8) is 0 Å². The van der Waals surface area contributed by atoms with Gasteiger partial charge in [-0.2, -0.15) is 0 Å². The Hall–Kier alpha value is -1.10. The zero-order chi connectivity index (χ0) is 10.7. The van der Waals surface area contributed by atoms with E-state index in [2.05, 4.69) is 0 Å². The van der Waals surface area contributed by atoms with Crippen molar-refractivity contribution in [3.05, 3.63) is 23.8 Å². The number of carbonyl (C=O) groups is 1. The molecule has 0 amide bonds. The van der Waals surface area contributed by atoms with E-state index in [0.29, 0.717) is 5.56 Å². The molecule has 0 bridgehead atoms. The third kappa shape index (κ3) is 3.87. The SMILES string of the molecule is N[C@@H](Cc1ccc(O)c(O)c1)C(=O)O.[Tc]. The van der Waals surface area contributed by atoms with E-state index in [1.54, 1.807) is 0 Å². The van der Waals surface area contributed by atoms with Gasteiger partial charge in [0.05, 0.1) is 0 Å².